The largest absolute Gasteiger partial charge is 0.493 e. The first kappa shape index (κ1) is 15.7. The third kappa shape index (κ3) is 4.65. The molecule has 0 fully saturated rings. The molecule has 5 nitrogen and oxygen atoms in total. The fourth-order valence-corrected chi connectivity index (χ4v) is 2.01. The number of ether oxygens (including phenoxy) is 1. The molecule has 21 heavy (non-hydrogen) atoms. The summed E-state index contributed by atoms with van der Waals surface area (Å²) < 4.78 is 5.46. The molecule has 112 valence electrons. The zero-order valence-electron chi connectivity index (χ0n) is 11.4. The van der Waals surface area contributed by atoms with Gasteiger partial charge >= 0.3 is 0 Å². The van der Waals surface area contributed by atoms with Crippen molar-refractivity contribution in [2.45, 2.75) is 19.4 Å². The van der Waals surface area contributed by atoms with Gasteiger partial charge in [-0.05, 0) is 19.1 Å². The van der Waals surface area contributed by atoms with Crippen molar-refractivity contribution in [3.63, 3.8) is 0 Å². The number of aromatic amines is 1. The summed E-state index contributed by atoms with van der Waals surface area (Å²) in [6, 6.07) is 4.89. The van der Waals surface area contributed by atoms with E-state index in [9.17, 15) is 4.79 Å². The number of nitrogens with one attached hydrogen (secondary N) is 2. The molecule has 1 amide bonds. The zero-order chi connectivity index (χ0) is 15.2. The quantitative estimate of drug-likeness (QED) is 0.854. The molecule has 0 radical (unpaired) electrons. The fourth-order valence-electron chi connectivity index (χ4n) is 1.72. The molecule has 1 atom stereocenters. The van der Waals surface area contributed by atoms with Crippen molar-refractivity contribution >= 4 is 29.1 Å². The van der Waals surface area contributed by atoms with E-state index >= 15 is 0 Å². The smallest absolute Gasteiger partial charge is 0.223 e. The van der Waals surface area contributed by atoms with Crippen molar-refractivity contribution in [2.24, 2.45) is 0 Å². The topological polar surface area (TPSA) is 67.0 Å². The molecule has 0 saturated carbocycles. The Morgan fingerprint density at radius 2 is 2.24 bits per heavy atom. The summed E-state index contributed by atoms with van der Waals surface area (Å²) in [4.78, 5) is 11.8. The van der Waals surface area contributed by atoms with Crippen LogP contribution in [0, 0.1) is 0 Å². The Morgan fingerprint density at radius 3 is 2.90 bits per heavy atom. The molecular weight excluding hydrogens is 313 g/mol. The molecule has 1 unspecified atom stereocenters. The predicted molar refractivity (Wildman–Crippen MR) is 81.7 cm³/mol. The first-order valence-electron chi connectivity index (χ1n) is 6.42. The van der Waals surface area contributed by atoms with E-state index in [4.69, 9.17) is 27.9 Å². The molecule has 2 aromatic rings. The van der Waals surface area contributed by atoms with E-state index in [1.807, 2.05) is 6.92 Å². The molecule has 0 saturated heterocycles. The monoisotopic (exact) mass is 327 g/mol. The van der Waals surface area contributed by atoms with E-state index < -0.39 is 0 Å². The van der Waals surface area contributed by atoms with Crippen LogP contribution in [-0.4, -0.2) is 22.7 Å². The minimum Gasteiger partial charge on any atom is -0.493 e. The summed E-state index contributed by atoms with van der Waals surface area (Å²) in [5.41, 5.74) is 0.925. The highest BCUT2D eigenvalue weighted by atomic mass is 35.5. The van der Waals surface area contributed by atoms with Crippen LogP contribution in [0.3, 0.4) is 0 Å². The van der Waals surface area contributed by atoms with Crippen LogP contribution in [0.4, 0.5) is 0 Å². The Balaban J connectivity index is 1.75. The number of hydrogen-bond acceptors (Lipinski definition) is 3. The molecule has 7 heteroatoms. The maximum Gasteiger partial charge on any atom is 0.223 e. The molecule has 0 aliphatic heterocycles. The van der Waals surface area contributed by atoms with Crippen LogP contribution in [-0.2, 0) is 4.79 Å². The Kier molecular flexibility index (Phi) is 5.47. The minimum atomic E-state index is -0.0961. The van der Waals surface area contributed by atoms with Gasteiger partial charge in [0.1, 0.15) is 5.75 Å². The fraction of sp³-hybridized carbons (Fsp3) is 0.286. The number of carbonyl (C=O) groups excluding carboxylic acids is 1. The van der Waals surface area contributed by atoms with E-state index in [-0.39, 0.29) is 25.0 Å². The van der Waals surface area contributed by atoms with Crippen molar-refractivity contribution in [3.05, 3.63) is 46.2 Å². The van der Waals surface area contributed by atoms with Gasteiger partial charge in [-0.2, -0.15) is 5.10 Å². The molecule has 2 N–H and O–H groups in total. The lowest BCUT2D eigenvalue weighted by molar-refractivity contribution is -0.122. The summed E-state index contributed by atoms with van der Waals surface area (Å²) in [5, 5.41) is 10.3. The van der Waals surface area contributed by atoms with E-state index in [0.717, 1.165) is 5.56 Å². The molecule has 0 aliphatic rings. The third-order valence-electron chi connectivity index (χ3n) is 2.89. The van der Waals surface area contributed by atoms with Gasteiger partial charge in [0, 0.05) is 17.8 Å². The van der Waals surface area contributed by atoms with E-state index in [0.29, 0.717) is 15.8 Å². The predicted octanol–water partition coefficient (Wildman–Crippen LogP) is 3.36. The minimum absolute atomic E-state index is 0.0937. The number of benzene rings is 1. The average Bonchev–Trinajstić information content (AvgIpc) is 2.97. The summed E-state index contributed by atoms with van der Waals surface area (Å²) in [6.45, 7) is 2.16. The van der Waals surface area contributed by atoms with Gasteiger partial charge in [0.25, 0.3) is 0 Å². The second-order valence-electron chi connectivity index (χ2n) is 4.50. The highest BCUT2D eigenvalue weighted by Crippen LogP contribution is 2.26. The molecule has 0 bridgehead atoms. The number of rotatable bonds is 6. The van der Waals surface area contributed by atoms with Crippen molar-refractivity contribution < 1.29 is 9.53 Å². The van der Waals surface area contributed by atoms with Crippen LogP contribution in [0.15, 0.2) is 30.6 Å². The lowest BCUT2D eigenvalue weighted by atomic mass is 10.2. The molecule has 2 rings (SSSR count). The summed E-state index contributed by atoms with van der Waals surface area (Å²) in [7, 11) is 0. The lowest BCUT2D eigenvalue weighted by Crippen LogP contribution is -2.27. The third-order valence-corrected chi connectivity index (χ3v) is 3.62. The van der Waals surface area contributed by atoms with E-state index in [2.05, 4.69) is 15.5 Å². The number of carbonyl (C=O) groups is 1. The molecule has 1 aromatic heterocycles. The van der Waals surface area contributed by atoms with Crippen LogP contribution >= 0.6 is 23.2 Å². The number of hydrogen-bond donors (Lipinski definition) is 2. The standard InChI is InChI=1S/C14H15Cl2N3O2/c1-9(10-7-17-18-8-10)19-14(20)4-5-21-11-2-3-12(15)13(16)6-11/h2-3,6-9H,4-5H2,1H3,(H,17,18)(H,19,20). The molecule has 0 aliphatic carbocycles. The van der Waals surface area contributed by atoms with E-state index in [1.165, 1.54) is 0 Å². The Bertz CT molecular complexity index is 602. The van der Waals surface area contributed by atoms with Crippen LogP contribution in [0.5, 0.6) is 5.75 Å². The average molecular weight is 328 g/mol. The summed E-state index contributed by atoms with van der Waals surface area (Å²) in [6.07, 6.45) is 3.68. The van der Waals surface area contributed by atoms with Crippen molar-refractivity contribution in [2.75, 3.05) is 6.61 Å². The van der Waals surface area contributed by atoms with Gasteiger partial charge in [-0.3, -0.25) is 9.89 Å². The van der Waals surface area contributed by atoms with Crippen LogP contribution in [0.25, 0.3) is 0 Å². The number of amides is 1. The second kappa shape index (κ2) is 7.33. The Morgan fingerprint density at radius 1 is 1.43 bits per heavy atom. The molecule has 0 spiro atoms. The maximum atomic E-state index is 11.8. The van der Waals surface area contributed by atoms with Crippen molar-refractivity contribution in [1.29, 1.82) is 0 Å². The molecule has 1 heterocycles. The van der Waals surface area contributed by atoms with Crippen molar-refractivity contribution in [1.82, 2.24) is 15.5 Å². The van der Waals surface area contributed by atoms with Gasteiger partial charge in [-0.1, -0.05) is 23.2 Å². The SMILES string of the molecule is CC(NC(=O)CCOc1ccc(Cl)c(Cl)c1)c1cn[nH]c1. The first-order chi connectivity index (χ1) is 10.1. The normalized spacial score (nSPS) is 12.0. The number of H-pyrrole nitrogens is 1. The number of nitrogens with zero attached hydrogens (tertiary/aromatic N) is 1. The van der Waals surface area contributed by atoms with Gasteiger partial charge in [0.15, 0.2) is 0 Å². The van der Waals surface area contributed by atoms with E-state index in [1.54, 1.807) is 30.6 Å². The first-order valence-corrected chi connectivity index (χ1v) is 7.17. The molecule has 1 aromatic carbocycles. The lowest BCUT2D eigenvalue weighted by Gasteiger charge is -2.12. The van der Waals surface area contributed by atoms with Crippen molar-refractivity contribution in [3.8, 4) is 5.75 Å². The summed E-state index contributed by atoms with van der Waals surface area (Å²) >= 11 is 11.7. The highest BCUT2D eigenvalue weighted by Gasteiger charge is 2.10. The number of halogens is 2. The van der Waals surface area contributed by atoms with Crippen LogP contribution in [0.1, 0.15) is 24.9 Å². The number of aromatic nitrogens is 2. The van der Waals surface area contributed by atoms with Gasteiger partial charge in [-0.25, -0.2) is 0 Å². The Labute approximate surface area is 132 Å². The Hall–Kier alpha value is -1.72. The second-order valence-corrected chi connectivity index (χ2v) is 5.31. The van der Waals surface area contributed by atoms with Crippen LogP contribution in [0.2, 0.25) is 10.0 Å². The van der Waals surface area contributed by atoms with Gasteiger partial charge < -0.3 is 10.1 Å². The van der Waals surface area contributed by atoms with Gasteiger partial charge in [-0.15, -0.1) is 0 Å². The highest BCUT2D eigenvalue weighted by molar-refractivity contribution is 6.42. The zero-order valence-corrected chi connectivity index (χ0v) is 12.9. The van der Waals surface area contributed by atoms with Gasteiger partial charge in [0.2, 0.25) is 5.91 Å². The van der Waals surface area contributed by atoms with Crippen LogP contribution < -0.4 is 10.1 Å². The molecular formula is C14H15Cl2N3O2. The van der Waals surface area contributed by atoms with Gasteiger partial charge in [0.05, 0.1) is 35.3 Å². The maximum absolute atomic E-state index is 11.8. The summed E-state index contributed by atoms with van der Waals surface area (Å²) in [5.74, 6) is 0.490.